The maximum atomic E-state index is 12.4. The minimum Gasteiger partial charge on any atom is -0.396 e. The Hall–Kier alpha value is -1.88. The van der Waals surface area contributed by atoms with Crippen LogP contribution in [0.2, 0.25) is 0 Å². The molecule has 0 saturated carbocycles. The summed E-state index contributed by atoms with van der Waals surface area (Å²) in [6.07, 6.45) is 2.05. The number of benzene rings is 1. The van der Waals surface area contributed by atoms with E-state index >= 15 is 0 Å². The Morgan fingerprint density at radius 1 is 1.35 bits per heavy atom. The van der Waals surface area contributed by atoms with E-state index in [0.717, 1.165) is 24.9 Å². The van der Waals surface area contributed by atoms with Crippen molar-refractivity contribution in [2.75, 3.05) is 26.2 Å². The standard InChI is InChI=1S/C18H26N2O3/c1-14(13-21)11-19-18(23)16-8-5-9-20(12-16)17(22)10-15-6-3-2-4-7-15/h2-4,6-7,14,16,21H,5,8-13H2,1H3,(H,19,23). The molecule has 2 atom stereocenters. The average molecular weight is 318 g/mol. The van der Waals surface area contributed by atoms with Gasteiger partial charge in [0.05, 0.1) is 12.3 Å². The van der Waals surface area contributed by atoms with Gasteiger partial charge in [-0.05, 0) is 24.3 Å². The number of carbonyl (C=O) groups is 2. The molecule has 0 aromatic heterocycles. The number of aliphatic hydroxyl groups excluding tert-OH is 1. The third-order valence-corrected chi connectivity index (χ3v) is 4.28. The lowest BCUT2D eigenvalue weighted by molar-refractivity contribution is -0.135. The number of carbonyl (C=O) groups excluding carboxylic acids is 2. The molecule has 1 fully saturated rings. The van der Waals surface area contributed by atoms with Crippen LogP contribution in [0.4, 0.5) is 0 Å². The van der Waals surface area contributed by atoms with Crippen LogP contribution in [-0.4, -0.2) is 48.1 Å². The van der Waals surface area contributed by atoms with Gasteiger partial charge in [0.1, 0.15) is 0 Å². The zero-order valence-electron chi connectivity index (χ0n) is 13.7. The van der Waals surface area contributed by atoms with Gasteiger partial charge < -0.3 is 15.3 Å². The highest BCUT2D eigenvalue weighted by Crippen LogP contribution is 2.18. The number of nitrogens with zero attached hydrogens (tertiary/aromatic N) is 1. The monoisotopic (exact) mass is 318 g/mol. The van der Waals surface area contributed by atoms with Gasteiger partial charge in [-0.15, -0.1) is 0 Å². The average Bonchev–Trinajstić information content (AvgIpc) is 2.60. The van der Waals surface area contributed by atoms with Crippen molar-refractivity contribution in [3.63, 3.8) is 0 Å². The molecule has 1 saturated heterocycles. The molecule has 1 aromatic rings. The number of piperidine rings is 1. The molecule has 2 amide bonds. The molecule has 0 aliphatic carbocycles. The van der Waals surface area contributed by atoms with Gasteiger partial charge in [-0.25, -0.2) is 0 Å². The van der Waals surface area contributed by atoms with Crippen molar-refractivity contribution in [3.05, 3.63) is 35.9 Å². The van der Waals surface area contributed by atoms with Crippen LogP contribution in [0.1, 0.15) is 25.3 Å². The summed E-state index contributed by atoms with van der Waals surface area (Å²) in [6, 6.07) is 9.68. The molecular formula is C18H26N2O3. The molecule has 0 bridgehead atoms. The van der Waals surface area contributed by atoms with Gasteiger partial charge in [-0.2, -0.15) is 0 Å². The molecule has 0 radical (unpaired) electrons. The molecule has 23 heavy (non-hydrogen) atoms. The number of hydrogen-bond donors (Lipinski definition) is 2. The summed E-state index contributed by atoms with van der Waals surface area (Å²) in [5.41, 5.74) is 1.00. The van der Waals surface area contributed by atoms with Crippen LogP contribution in [0.3, 0.4) is 0 Å². The quantitative estimate of drug-likeness (QED) is 0.828. The predicted octanol–water partition coefficient (Wildman–Crippen LogP) is 1.21. The second-order valence-electron chi connectivity index (χ2n) is 6.37. The second kappa shape index (κ2) is 8.67. The zero-order valence-corrected chi connectivity index (χ0v) is 13.7. The summed E-state index contributed by atoms with van der Waals surface area (Å²) in [5.74, 6) is -0.0207. The van der Waals surface area contributed by atoms with E-state index in [1.165, 1.54) is 0 Å². The Kier molecular flexibility index (Phi) is 6.59. The molecule has 5 nitrogen and oxygen atoms in total. The molecule has 1 heterocycles. The van der Waals surface area contributed by atoms with Gasteiger partial charge in [0.15, 0.2) is 0 Å². The van der Waals surface area contributed by atoms with Gasteiger partial charge in [-0.1, -0.05) is 37.3 Å². The third-order valence-electron chi connectivity index (χ3n) is 4.28. The number of hydrogen-bond acceptors (Lipinski definition) is 3. The van der Waals surface area contributed by atoms with Gasteiger partial charge in [0.2, 0.25) is 11.8 Å². The first-order chi connectivity index (χ1) is 11.1. The van der Waals surface area contributed by atoms with E-state index in [1.54, 1.807) is 4.90 Å². The predicted molar refractivity (Wildman–Crippen MR) is 88.7 cm³/mol. The maximum Gasteiger partial charge on any atom is 0.227 e. The second-order valence-corrected chi connectivity index (χ2v) is 6.37. The highest BCUT2D eigenvalue weighted by molar-refractivity contribution is 5.82. The van der Waals surface area contributed by atoms with E-state index < -0.39 is 0 Å². The summed E-state index contributed by atoms with van der Waals surface area (Å²) in [7, 11) is 0. The number of rotatable bonds is 6. The molecule has 2 N–H and O–H groups in total. The Balaban J connectivity index is 1.85. The molecule has 1 aliphatic rings. The van der Waals surface area contributed by atoms with E-state index in [9.17, 15) is 9.59 Å². The van der Waals surface area contributed by atoms with Crippen LogP contribution in [0.15, 0.2) is 30.3 Å². The lowest BCUT2D eigenvalue weighted by Crippen LogP contribution is -2.46. The first-order valence-electron chi connectivity index (χ1n) is 8.30. The van der Waals surface area contributed by atoms with E-state index in [0.29, 0.717) is 19.5 Å². The van der Waals surface area contributed by atoms with E-state index in [4.69, 9.17) is 5.11 Å². The molecular weight excluding hydrogens is 292 g/mol. The van der Waals surface area contributed by atoms with Crippen molar-refractivity contribution in [1.29, 1.82) is 0 Å². The van der Waals surface area contributed by atoms with E-state index in [2.05, 4.69) is 5.32 Å². The summed E-state index contributed by atoms with van der Waals surface area (Å²) < 4.78 is 0. The summed E-state index contributed by atoms with van der Waals surface area (Å²) >= 11 is 0. The van der Waals surface area contributed by atoms with Crippen LogP contribution >= 0.6 is 0 Å². The number of nitrogens with one attached hydrogen (secondary N) is 1. The normalized spacial score (nSPS) is 19.2. The first-order valence-corrected chi connectivity index (χ1v) is 8.30. The minimum atomic E-state index is -0.144. The maximum absolute atomic E-state index is 12.4. The van der Waals surface area contributed by atoms with Crippen LogP contribution in [-0.2, 0) is 16.0 Å². The third kappa shape index (κ3) is 5.36. The summed E-state index contributed by atoms with van der Waals surface area (Å²) in [6.45, 7) is 3.64. The van der Waals surface area contributed by atoms with Gasteiger partial charge in [-0.3, -0.25) is 9.59 Å². The largest absolute Gasteiger partial charge is 0.396 e. The lowest BCUT2D eigenvalue weighted by atomic mass is 9.96. The Bertz CT molecular complexity index is 518. The van der Waals surface area contributed by atoms with Crippen molar-refractivity contribution in [1.82, 2.24) is 10.2 Å². The topological polar surface area (TPSA) is 69.6 Å². The molecule has 2 unspecified atom stereocenters. The van der Waals surface area contributed by atoms with Crippen LogP contribution < -0.4 is 5.32 Å². The Morgan fingerprint density at radius 2 is 2.09 bits per heavy atom. The van der Waals surface area contributed by atoms with Gasteiger partial charge in [0, 0.05) is 26.2 Å². The summed E-state index contributed by atoms with van der Waals surface area (Å²) in [4.78, 5) is 26.4. The highest BCUT2D eigenvalue weighted by Gasteiger charge is 2.28. The fraction of sp³-hybridized carbons (Fsp3) is 0.556. The lowest BCUT2D eigenvalue weighted by Gasteiger charge is -2.32. The van der Waals surface area contributed by atoms with Gasteiger partial charge >= 0.3 is 0 Å². The SMILES string of the molecule is CC(CO)CNC(=O)C1CCCN(C(=O)Cc2ccccc2)C1. The molecule has 5 heteroatoms. The number of amides is 2. The molecule has 1 aromatic carbocycles. The zero-order chi connectivity index (χ0) is 16.7. The van der Waals surface area contributed by atoms with E-state index in [-0.39, 0.29) is 30.3 Å². The van der Waals surface area contributed by atoms with E-state index in [1.807, 2.05) is 37.3 Å². The fourth-order valence-corrected chi connectivity index (χ4v) is 2.78. The van der Waals surface area contributed by atoms with Crippen molar-refractivity contribution < 1.29 is 14.7 Å². The summed E-state index contributed by atoms with van der Waals surface area (Å²) in [5, 5.41) is 11.9. The van der Waals surface area contributed by atoms with Crippen LogP contribution in [0.25, 0.3) is 0 Å². The molecule has 0 spiro atoms. The smallest absolute Gasteiger partial charge is 0.227 e. The number of aliphatic hydroxyl groups is 1. The minimum absolute atomic E-state index is 0.0116. The Labute approximate surface area is 137 Å². The van der Waals surface area contributed by atoms with Gasteiger partial charge in [0.25, 0.3) is 0 Å². The molecule has 126 valence electrons. The van der Waals surface area contributed by atoms with Crippen molar-refractivity contribution in [2.24, 2.45) is 11.8 Å². The van der Waals surface area contributed by atoms with Crippen LogP contribution in [0.5, 0.6) is 0 Å². The Morgan fingerprint density at radius 3 is 2.78 bits per heavy atom. The first kappa shape index (κ1) is 17.5. The molecule has 2 rings (SSSR count). The molecule has 1 aliphatic heterocycles. The van der Waals surface area contributed by atoms with Crippen molar-refractivity contribution in [3.8, 4) is 0 Å². The van der Waals surface area contributed by atoms with Crippen molar-refractivity contribution in [2.45, 2.75) is 26.2 Å². The highest BCUT2D eigenvalue weighted by atomic mass is 16.3. The van der Waals surface area contributed by atoms with Crippen molar-refractivity contribution >= 4 is 11.8 Å². The fourth-order valence-electron chi connectivity index (χ4n) is 2.78. The van der Waals surface area contributed by atoms with Crippen LogP contribution in [0, 0.1) is 11.8 Å². The number of likely N-dealkylation sites (tertiary alicyclic amines) is 1.